The maximum atomic E-state index is 2.45. The average Bonchev–Trinajstić information content (AvgIpc) is 2.74. The van der Waals surface area contributed by atoms with E-state index in [1.54, 1.807) is 0 Å². The molecule has 1 aromatic heterocycles. The number of benzene rings is 3. The summed E-state index contributed by atoms with van der Waals surface area (Å²) in [6.45, 7) is 2.20. The quantitative estimate of drug-likeness (QED) is 0.342. The van der Waals surface area contributed by atoms with Gasteiger partial charge in [0.2, 0.25) is 5.69 Å². The predicted octanol–water partition coefficient (Wildman–Crippen LogP) is 5.47. The number of rotatable bonds is 1. The molecule has 0 radical (unpaired) electrons. The van der Waals surface area contributed by atoms with Crippen molar-refractivity contribution in [2.75, 3.05) is 0 Å². The van der Waals surface area contributed by atoms with Gasteiger partial charge in [-0.1, -0.05) is 66.7 Å². The Morgan fingerprint density at radius 3 is 1.71 bits per heavy atom. The largest absolute Gasteiger partial charge is 0.212 e. The van der Waals surface area contributed by atoms with Crippen molar-refractivity contribution in [2.45, 2.75) is 18.8 Å². The minimum Gasteiger partial charge on any atom is -0.197 e. The highest BCUT2D eigenvalue weighted by atomic mass is 15.0. The third kappa shape index (κ3) is 1.94. The molecule has 4 aromatic rings. The lowest BCUT2D eigenvalue weighted by Gasteiger charge is -2.39. The monoisotopic (exact) mass is 360 g/mol. The number of pyridine rings is 1. The molecule has 0 unspecified atom stereocenters. The van der Waals surface area contributed by atoms with E-state index in [1.807, 2.05) is 0 Å². The average molecular weight is 360 g/mol. The van der Waals surface area contributed by atoms with Crippen LogP contribution in [0.15, 0.2) is 84.9 Å². The van der Waals surface area contributed by atoms with E-state index in [9.17, 15) is 0 Å². The topological polar surface area (TPSA) is 3.88 Å². The van der Waals surface area contributed by atoms with Crippen LogP contribution in [0.5, 0.6) is 0 Å². The van der Waals surface area contributed by atoms with Gasteiger partial charge in [0.1, 0.15) is 7.05 Å². The fraction of sp³-hybridized carbons (Fsp3) is 0.148. The fourth-order valence-electron chi connectivity index (χ4n) is 5.46. The van der Waals surface area contributed by atoms with Crippen LogP contribution in [0.25, 0.3) is 11.3 Å². The third-order valence-corrected chi connectivity index (χ3v) is 6.68. The Bertz CT molecular complexity index is 1200. The normalized spacial score (nSPS) is 18.4. The molecule has 28 heavy (non-hydrogen) atoms. The molecule has 134 valence electrons. The molecule has 0 spiro atoms. The molecular formula is C27H22N+. The molecule has 0 saturated heterocycles. The molecular weight excluding hydrogens is 338 g/mol. The zero-order valence-corrected chi connectivity index (χ0v) is 16.2. The van der Waals surface area contributed by atoms with E-state index in [1.165, 1.54) is 50.3 Å². The predicted molar refractivity (Wildman–Crippen MR) is 113 cm³/mol. The van der Waals surface area contributed by atoms with Gasteiger partial charge in [-0.3, -0.25) is 0 Å². The molecule has 0 aliphatic heterocycles. The first-order valence-corrected chi connectivity index (χ1v) is 10.0. The van der Waals surface area contributed by atoms with Gasteiger partial charge in [-0.15, -0.1) is 0 Å². The SMILES string of the molecule is Cc1ccccc1-c1ccc2c([n+]1C)C1c3ccccc3C2c2ccccc21. The Morgan fingerprint density at radius 2 is 1.11 bits per heavy atom. The molecule has 3 aromatic carbocycles. The van der Waals surface area contributed by atoms with Crippen molar-refractivity contribution in [3.63, 3.8) is 0 Å². The van der Waals surface area contributed by atoms with Crippen molar-refractivity contribution in [3.05, 3.63) is 124 Å². The lowest BCUT2D eigenvalue weighted by molar-refractivity contribution is -0.669. The van der Waals surface area contributed by atoms with Crippen LogP contribution in [0.1, 0.15) is 50.9 Å². The third-order valence-electron chi connectivity index (χ3n) is 6.68. The van der Waals surface area contributed by atoms with Gasteiger partial charge in [0, 0.05) is 23.1 Å². The Hall–Kier alpha value is -3.19. The van der Waals surface area contributed by atoms with E-state index in [4.69, 9.17) is 0 Å². The lowest BCUT2D eigenvalue weighted by atomic mass is 9.62. The highest BCUT2D eigenvalue weighted by Crippen LogP contribution is 2.54. The van der Waals surface area contributed by atoms with E-state index in [2.05, 4.69) is 103 Å². The maximum absolute atomic E-state index is 2.45. The summed E-state index contributed by atoms with van der Waals surface area (Å²) in [5.41, 5.74) is 12.7. The van der Waals surface area contributed by atoms with Crippen LogP contribution in [0.4, 0.5) is 0 Å². The van der Waals surface area contributed by atoms with Crippen LogP contribution >= 0.6 is 0 Å². The number of aromatic nitrogens is 1. The summed E-state index contributed by atoms with van der Waals surface area (Å²) in [5, 5.41) is 0. The Balaban J connectivity index is 1.67. The summed E-state index contributed by atoms with van der Waals surface area (Å²) in [6, 6.07) is 31.4. The summed E-state index contributed by atoms with van der Waals surface area (Å²) in [5.74, 6) is 0.644. The second-order valence-electron chi connectivity index (χ2n) is 8.06. The number of hydrogen-bond donors (Lipinski definition) is 0. The van der Waals surface area contributed by atoms with Crippen LogP contribution in [0.3, 0.4) is 0 Å². The summed E-state index contributed by atoms with van der Waals surface area (Å²) >= 11 is 0. The number of aryl methyl sites for hydroxylation is 1. The Labute approximate surface area is 165 Å². The van der Waals surface area contributed by atoms with Crippen LogP contribution in [0, 0.1) is 6.92 Å². The first-order valence-electron chi connectivity index (χ1n) is 10.0. The number of nitrogens with zero attached hydrogens (tertiary/aromatic N) is 1. The fourth-order valence-corrected chi connectivity index (χ4v) is 5.46. The summed E-state index contributed by atoms with van der Waals surface area (Å²) < 4.78 is 2.45. The van der Waals surface area contributed by atoms with Gasteiger partial charge in [0.05, 0.1) is 5.92 Å². The van der Waals surface area contributed by atoms with Crippen LogP contribution in [-0.2, 0) is 7.05 Å². The summed E-state index contributed by atoms with van der Waals surface area (Å²) in [6.07, 6.45) is 0. The van der Waals surface area contributed by atoms with Gasteiger partial charge < -0.3 is 0 Å². The minimum absolute atomic E-state index is 0.307. The van der Waals surface area contributed by atoms with Crippen molar-refractivity contribution in [1.82, 2.24) is 0 Å². The second kappa shape index (κ2) is 5.65. The van der Waals surface area contributed by atoms with Gasteiger partial charge in [-0.25, -0.2) is 0 Å². The smallest absolute Gasteiger partial charge is 0.197 e. The molecule has 0 saturated carbocycles. The van der Waals surface area contributed by atoms with Crippen molar-refractivity contribution < 1.29 is 4.57 Å². The first kappa shape index (κ1) is 15.8. The minimum atomic E-state index is 0.307. The standard InChI is InChI=1S/C27H22N/c1-17-9-3-4-10-18(17)24-16-15-23-25-19-11-5-7-13-21(19)26(27(23)28(24)2)22-14-8-6-12-20(22)25/h3-16,25-26H,1-2H3/q+1. The molecule has 1 nitrogen and oxygen atoms in total. The maximum Gasteiger partial charge on any atom is 0.212 e. The number of hydrogen-bond acceptors (Lipinski definition) is 0. The van der Waals surface area contributed by atoms with Gasteiger partial charge in [0.15, 0.2) is 5.69 Å². The van der Waals surface area contributed by atoms with Gasteiger partial charge in [-0.2, -0.15) is 4.57 Å². The highest BCUT2D eigenvalue weighted by Gasteiger charge is 2.46. The molecule has 1 heterocycles. The van der Waals surface area contributed by atoms with Crippen LogP contribution in [0.2, 0.25) is 0 Å². The zero-order chi connectivity index (χ0) is 18.8. The van der Waals surface area contributed by atoms with Crippen molar-refractivity contribution in [3.8, 4) is 11.3 Å². The van der Waals surface area contributed by atoms with E-state index in [0.29, 0.717) is 11.8 Å². The van der Waals surface area contributed by atoms with E-state index in [-0.39, 0.29) is 0 Å². The van der Waals surface area contributed by atoms with E-state index >= 15 is 0 Å². The highest BCUT2D eigenvalue weighted by molar-refractivity contribution is 5.67. The van der Waals surface area contributed by atoms with Crippen LogP contribution in [-0.4, -0.2) is 0 Å². The molecule has 0 fully saturated rings. The molecule has 3 aliphatic rings. The summed E-state index contributed by atoms with van der Waals surface area (Å²) in [4.78, 5) is 0. The zero-order valence-electron chi connectivity index (χ0n) is 16.2. The second-order valence-corrected chi connectivity index (χ2v) is 8.06. The van der Waals surface area contributed by atoms with Crippen LogP contribution < -0.4 is 4.57 Å². The summed E-state index contributed by atoms with van der Waals surface area (Å²) in [7, 11) is 2.24. The molecule has 7 rings (SSSR count). The molecule has 0 atom stereocenters. The van der Waals surface area contributed by atoms with Gasteiger partial charge in [0.25, 0.3) is 0 Å². The Morgan fingerprint density at radius 1 is 0.571 bits per heavy atom. The van der Waals surface area contributed by atoms with Gasteiger partial charge in [-0.05, 0) is 46.9 Å². The van der Waals surface area contributed by atoms with E-state index < -0.39 is 0 Å². The lowest BCUT2D eigenvalue weighted by Crippen LogP contribution is -2.44. The van der Waals surface area contributed by atoms with Crippen molar-refractivity contribution >= 4 is 0 Å². The Kier molecular flexibility index (Phi) is 3.20. The molecule has 1 heteroatoms. The van der Waals surface area contributed by atoms with Gasteiger partial charge >= 0.3 is 0 Å². The van der Waals surface area contributed by atoms with Crippen molar-refractivity contribution in [1.29, 1.82) is 0 Å². The molecule has 2 bridgehead atoms. The van der Waals surface area contributed by atoms with Crippen molar-refractivity contribution in [2.24, 2.45) is 7.05 Å². The molecule has 0 N–H and O–H groups in total. The molecule has 3 aliphatic carbocycles. The van der Waals surface area contributed by atoms with E-state index in [0.717, 1.165) is 0 Å². The molecule has 0 amide bonds. The first-order chi connectivity index (χ1) is 13.8.